The molecule has 1 fully saturated rings. The normalized spacial score (nSPS) is 15.1. The molecule has 0 aliphatic carbocycles. The third kappa shape index (κ3) is 3.52. The minimum absolute atomic E-state index is 0.156. The highest BCUT2D eigenvalue weighted by molar-refractivity contribution is 5.38. The molecule has 4 heteroatoms. The Labute approximate surface area is 149 Å². The van der Waals surface area contributed by atoms with Crippen molar-refractivity contribution in [3.05, 3.63) is 68.1 Å². The van der Waals surface area contributed by atoms with Crippen molar-refractivity contribution in [1.82, 2.24) is 9.88 Å². The van der Waals surface area contributed by atoms with E-state index in [0.717, 1.165) is 42.8 Å². The molecule has 0 saturated carbocycles. The van der Waals surface area contributed by atoms with Crippen molar-refractivity contribution >= 4 is 0 Å². The second-order valence-corrected chi connectivity index (χ2v) is 7.08. The van der Waals surface area contributed by atoms with Crippen molar-refractivity contribution in [1.29, 1.82) is 5.26 Å². The average Bonchev–Trinajstić information content (AvgIpc) is 2.60. The Morgan fingerprint density at radius 3 is 2.52 bits per heavy atom. The van der Waals surface area contributed by atoms with Gasteiger partial charge in [-0.25, -0.2) is 0 Å². The summed E-state index contributed by atoms with van der Waals surface area (Å²) in [5.74, 6) is 0.367. The average molecular weight is 335 g/mol. The van der Waals surface area contributed by atoms with Crippen LogP contribution in [0.2, 0.25) is 0 Å². The van der Waals surface area contributed by atoms with Gasteiger partial charge in [0.25, 0.3) is 5.56 Å². The van der Waals surface area contributed by atoms with Crippen molar-refractivity contribution < 1.29 is 0 Å². The first-order valence-electron chi connectivity index (χ1n) is 8.92. The van der Waals surface area contributed by atoms with E-state index in [1.807, 2.05) is 11.5 Å². The summed E-state index contributed by atoms with van der Waals surface area (Å²) in [7, 11) is 0. The van der Waals surface area contributed by atoms with Crippen LogP contribution in [0.15, 0.2) is 29.1 Å². The number of pyridine rings is 1. The van der Waals surface area contributed by atoms with E-state index in [4.69, 9.17) is 0 Å². The molecule has 4 nitrogen and oxygen atoms in total. The number of aryl methyl sites for hydroxylation is 3. The maximum Gasteiger partial charge on any atom is 0.269 e. The molecule has 1 aromatic heterocycles. The van der Waals surface area contributed by atoms with Crippen LogP contribution in [0.3, 0.4) is 0 Å². The number of nitrogens with one attached hydrogen (secondary N) is 1. The lowest BCUT2D eigenvalue weighted by molar-refractivity contribution is 0.437. The smallest absolute Gasteiger partial charge is 0.269 e. The van der Waals surface area contributed by atoms with Gasteiger partial charge < -0.3 is 9.88 Å². The molecule has 130 valence electrons. The van der Waals surface area contributed by atoms with Crippen molar-refractivity contribution in [2.24, 2.45) is 0 Å². The van der Waals surface area contributed by atoms with Gasteiger partial charge in [0, 0.05) is 11.6 Å². The fraction of sp³-hybridized carbons (Fsp3) is 0.429. The fourth-order valence-electron chi connectivity index (χ4n) is 3.74. The Kier molecular flexibility index (Phi) is 5.06. The van der Waals surface area contributed by atoms with Crippen LogP contribution in [0.1, 0.15) is 52.3 Å². The lowest BCUT2D eigenvalue weighted by Gasteiger charge is -2.27. The molecule has 0 bridgehead atoms. The number of nitriles is 1. The predicted molar refractivity (Wildman–Crippen MR) is 100 cm³/mol. The van der Waals surface area contributed by atoms with Gasteiger partial charge in [-0.05, 0) is 69.5 Å². The standard InChI is InChI=1S/C21H25N3O/c1-14-4-5-18(15(2)10-14)13-24-20(17-6-8-23-9-7-17)11-16(3)19(12-22)21(24)25/h4-5,10-11,17,23H,6-9,13H2,1-3H3. The van der Waals surface area contributed by atoms with Gasteiger partial charge >= 0.3 is 0 Å². The Morgan fingerprint density at radius 1 is 1.16 bits per heavy atom. The third-order valence-corrected chi connectivity index (χ3v) is 5.23. The van der Waals surface area contributed by atoms with Gasteiger partial charge in [-0.2, -0.15) is 5.26 Å². The van der Waals surface area contributed by atoms with Gasteiger partial charge in [0.05, 0.1) is 6.54 Å². The highest BCUT2D eigenvalue weighted by atomic mass is 16.1. The van der Waals surface area contributed by atoms with E-state index in [1.54, 1.807) is 0 Å². The van der Waals surface area contributed by atoms with E-state index in [-0.39, 0.29) is 11.1 Å². The zero-order valence-corrected chi connectivity index (χ0v) is 15.2. The van der Waals surface area contributed by atoms with Crippen molar-refractivity contribution in [2.45, 2.75) is 46.1 Å². The second-order valence-electron chi connectivity index (χ2n) is 7.08. The zero-order chi connectivity index (χ0) is 18.0. The van der Waals surface area contributed by atoms with Gasteiger partial charge in [-0.3, -0.25) is 4.79 Å². The molecule has 1 aliphatic heterocycles. The van der Waals surface area contributed by atoms with Crippen LogP contribution in [0, 0.1) is 32.1 Å². The first-order valence-corrected chi connectivity index (χ1v) is 8.92. The molecule has 0 radical (unpaired) electrons. The molecule has 1 saturated heterocycles. The van der Waals surface area contributed by atoms with E-state index in [0.29, 0.717) is 12.5 Å². The SMILES string of the molecule is Cc1ccc(Cn2c(C3CCNCC3)cc(C)c(C#N)c2=O)c(C)c1. The van der Waals surface area contributed by atoms with E-state index in [1.165, 1.54) is 11.1 Å². The van der Waals surface area contributed by atoms with E-state index >= 15 is 0 Å². The summed E-state index contributed by atoms with van der Waals surface area (Å²) in [6.45, 7) is 8.49. The van der Waals surface area contributed by atoms with E-state index < -0.39 is 0 Å². The van der Waals surface area contributed by atoms with Crippen LogP contribution >= 0.6 is 0 Å². The summed E-state index contributed by atoms with van der Waals surface area (Å²) >= 11 is 0. The maximum absolute atomic E-state index is 13.0. The van der Waals surface area contributed by atoms with Crippen LogP contribution in [-0.2, 0) is 6.54 Å². The molecule has 1 aromatic carbocycles. The molecule has 3 rings (SSSR count). The highest BCUT2D eigenvalue weighted by Crippen LogP contribution is 2.26. The number of hydrogen-bond acceptors (Lipinski definition) is 3. The Morgan fingerprint density at radius 2 is 1.88 bits per heavy atom. The van der Waals surface area contributed by atoms with Crippen LogP contribution in [0.25, 0.3) is 0 Å². The van der Waals surface area contributed by atoms with Gasteiger partial charge in [-0.1, -0.05) is 23.8 Å². The molecule has 0 spiro atoms. The lowest BCUT2D eigenvalue weighted by atomic mass is 9.92. The van der Waals surface area contributed by atoms with Gasteiger partial charge in [-0.15, -0.1) is 0 Å². The topological polar surface area (TPSA) is 57.8 Å². The molecule has 2 heterocycles. The monoisotopic (exact) mass is 335 g/mol. The lowest BCUT2D eigenvalue weighted by Crippen LogP contribution is -2.33. The summed E-state index contributed by atoms with van der Waals surface area (Å²) in [5, 5.41) is 12.8. The molecule has 25 heavy (non-hydrogen) atoms. The summed E-state index contributed by atoms with van der Waals surface area (Å²) in [4.78, 5) is 13.0. The molecule has 1 N–H and O–H groups in total. The number of hydrogen-bond donors (Lipinski definition) is 1. The van der Waals surface area contributed by atoms with Gasteiger partial charge in [0.1, 0.15) is 11.6 Å². The summed E-state index contributed by atoms with van der Waals surface area (Å²) in [5.41, 5.74) is 5.51. The number of benzene rings is 1. The van der Waals surface area contributed by atoms with Gasteiger partial charge in [0.15, 0.2) is 0 Å². The Balaban J connectivity index is 2.12. The predicted octanol–water partition coefficient (Wildman–Crippen LogP) is 3.16. The number of rotatable bonds is 3. The van der Waals surface area contributed by atoms with E-state index in [9.17, 15) is 10.1 Å². The summed E-state index contributed by atoms with van der Waals surface area (Å²) in [6, 6.07) is 10.5. The van der Waals surface area contributed by atoms with Gasteiger partial charge in [0.2, 0.25) is 0 Å². The van der Waals surface area contributed by atoms with Crippen molar-refractivity contribution in [2.75, 3.05) is 13.1 Å². The molecule has 0 atom stereocenters. The number of nitrogens with zero attached hydrogens (tertiary/aromatic N) is 2. The number of piperidine rings is 1. The molecular weight excluding hydrogens is 310 g/mol. The Hall–Kier alpha value is -2.38. The number of aromatic nitrogens is 1. The molecule has 0 unspecified atom stereocenters. The third-order valence-electron chi connectivity index (χ3n) is 5.23. The minimum Gasteiger partial charge on any atom is -0.317 e. The Bertz CT molecular complexity index is 883. The summed E-state index contributed by atoms with van der Waals surface area (Å²) in [6.07, 6.45) is 2.05. The summed E-state index contributed by atoms with van der Waals surface area (Å²) < 4.78 is 1.83. The van der Waals surface area contributed by atoms with Crippen molar-refractivity contribution in [3.8, 4) is 6.07 Å². The van der Waals surface area contributed by atoms with Crippen LogP contribution in [0.5, 0.6) is 0 Å². The van der Waals surface area contributed by atoms with Crippen LogP contribution < -0.4 is 10.9 Å². The maximum atomic E-state index is 13.0. The van der Waals surface area contributed by atoms with E-state index in [2.05, 4.69) is 49.5 Å². The molecular formula is C21H25N3O. The van der Waals surface area contributed by atoms with Crippen LogP contribution in [-0.4, -0.2) is 17.7 Å². The molecule has 1 aliphatic rings. The largest absolute Gasteiger partial charge is 0.317 e. The first kappa shape index (κ1) is 17.4. The highest BCUT2D eigenvalue weighted by Gasteiger charge is 2.22. The molecule has 2 aromatic rings. The van der Waals surface area contributed by atoms with Crippen molar-refractivity contribution in [3.63, 3.8) is 0 Å². The zero-order valence-electron chi connectivity index (χ0n) is 15.2. The van der Waals surface area contributed by atoms with Crippen LogP contribution in [0.4, 0.5) is 0 Å². The quantitative estimate of drug-likeness (QED) is 0.937. The first-order chi connectivity index (χ1) is 12.0. The molecule has 0 amide bonds. The fourth-order valence-corrected chi connectivity index (χ4v) is 3.74. The second kappa shape index (κ2) is 7.25. The minimum atomic E-state index is -0.156.